The fourth-order valence-electron chi connectivity index (χ4n) is 3.39. The van der Waals surface area contributed by atoms with Crippen molar-refractivity contribution in [3.8, 4) is 0 Å². The van der Waals surface area contributed by atoms with Gasteiger partial charge in [-0.1, -0.05) is 29.8 Å². The number of esters is 1. The quantitative estimate of drug-likeness (QED) is 0.765. The fraction of sp³-hybridized carbons (Fsp3) is 0.556. The predicted molar refractivity (Wildman–Crippen MR) is 89.9 cm³/mol. The molecule has 0 unspecified atom stereocenters. The van der Waals surface area contributed by atoms with Gasteiger partial charge >= 0.3 is 5.97 Å². The van der Waals surface area contributed by atoms with Gasteiger partial charge in [-0.3, -0.25) is 9.59 Å². The van der Waals surface area contributed by atoms with E-state index in [1.165, 1.54) is 7.11 Å². The molecule has 1 saturated heterocycles. The van der Waals surface area contributed by atoms with Crippen LogP contribution in [0, 0.1) is 5.92 Å². The van der Waals surface area contributed by atoms with Crippen LogP contribution in [0.25, 0.3) is 0 Å². The molecule has 0 spiro atoms. The molecule has 2 atom stereocenters. The van der Waals surface area contributed by atoms with Gasteiger partial charge in [0.1, 0.15) is 6.54 Å². The van der Waals surface area contributed by atoms with Gasteiger partial charge in [-0.15, -0.1) is 0 Å². The molecule has 0 N–H and O–H groups in total. The van der Waals surface area contributed by atoms with Crippen molar-refractivity contribution in [3.05, 3.63) is 34.9 Å². The number of benzene rings is 1. The molecule has 1 aromatic carbocycles. The summed E-state index contributed by atoms with van der Waals surface area (Å²) in [4.78, 5) is 26.4. The second-order valence-corrected chi connectivity index (χ2v) is 6.76. The summed E-state index contributed by atoms with van der Waals surface area (Å²) in [5.74, 6) is -0.314. The van der Waals surface area contributed by atoms with Crippen LogP contribution in [0.1, 0.15) is 30.7 Å². The number of carbonyl (C=O) groups excluding carboxylic acids is 2. The number of methoxy groups -OCH3 is 1. The third kappa shape index (κ3) is 3.73. The first-order chi connectivity index (χ1) is 11.6. The smallest absolute Gasteiger partial charge is 0.325 e. The zero-order valence-electron chi connectivity index (χ0n) is 13.7. The molecule has 24 heavy (non-hydrogen) atoms. The van der Waals surface area contributed by atoms with Gasteiger partial charge < -0.3 is 14.4 Å². The molecule has 6 heteroatoms. The average molecular weight is 352 g/mol. The fourth-order valence-corrected chi connectivity index (χ4v) is 3.66. The second kappa shape index (κ2) is 7.53. The predicted octanol–water partition coefficient (Wildman–Crippen LogP) is 2.62. The van der Waals surface area contributed by atoms with Crippen molar-refractivity contribution in [1.29, 1.82) is 0 Å². The van der Waals surface area contributed by atoms with E-state index in [4.69, 9.17) is 21.1 Å². The number of amides is 1. The Hall–Kier alpha value is -1.59. The summed E-state index contributed by atoms with van der Waals surface area (Å²) in [6, 6.07) is 7.68. The van der Waals surface area contributed by atoms with Gasteiger partial charge in [0.15, 0.2) is 0 Å². The summed E-state index contributed by atoms with van der Waals surface area (Å²) >= 11 is 6.25. The van der Waals surface area contributed by atoms with Crippen LogP contribution in [0.4, 0.5) is 0 Å². The van der Waals surface area contributed by atoms with E-state index in [9.17, 15) is 9.59 Å². The number of hydrogen-bond donors (Lipinski definition) is 0. The summed E-state index contributed by atoms with van der Waals surface area (Å²) in [5.41, 5.74) is 1.02. The van der Waals surface area contributed by atoms with Crippen molar-refractivity contribution in [2.45, 2.75) is 31.2 Å². The van der Waals surface area contributed by atoms with Gasteiger partial charge in [0.2, 0.25) is 5.91 Å². The van der Waals surface area contributed by atoms with Crippen LogP contribution in [0.2, 0.25) is 5.02 Å². The summed E-state index contributed by atoms with van der Waals surface area (Å²) < 4.78 is 10.1. The van der Waals surface area contributed by atoms with Gasteiger partial charge in [-0.25, -0.2) is 0 Å². The van der Waals surface area contributed by atoms with E-state index in [0.717, 1.165) is 24.8 Å². The largest absolute Gasteiger partial charge is 0.468 e. The third-order valence-electron chi connectivity index (χ3n) is 4.85. The summed E-state index contributed by atoms with van der Waals surface area (Å²) in [6.07, 6.45) is 2.29. The Morgan fingerprint density at radius 2 is 2.00 bits per heavy atom. The molecule has 1 heterocycles. The van der Waals surface area contributed by atoms with E-state index in [0.29, 0.717) is 18.2 Å². The second-order valence-electron chi connectivity index (χ2n) is 6.36. The highest BCUT2D eigenvalue weighted by Gasteiger charge is 2.48. The third-order valence-corrected chi connectivity index (χ3v) is 5.20. The molecule has 1 amide bonds. The van der Waals surface area contributed by atoms with Crippen molar-refractivity contribution >= 4 is 23.5 Å². The molecular formula is C18H22ClNO4. The summed E-state index contributed by atoms with van der Waals surface area (Å²) in [7, 11) is 1.35. The first-order valence-corrected chi connectivity index (χ1v) is 8.69. The number of ether oxygens (including phenoxy) is 2. The van der Waals surface area contributed by atoms with Crippen molar-refractivity contribution in [3.63, 3.8) is 0 Å². The lowest BCUT2D eigenvalue weighted by atomic mass is 10.0. The minimum atomic E-state index is -0.384. The van der Waals surface area contributed by atoms with E-state index >= 15 is 0 Å². The summed E-state index contributed by atoms with van der Waals surface area (Å²) in [6.45, 7) is 1.24. The molecule has 1 aliphatic heterocycles. The zero-order chi connectivity index (χ0) is 17.1. The molecule has 1 aromatic rings. The number of halogens is 1. The normalized spacial score (nSPS) is 23.6. The number of carbonyl (C=O) groups is 2. The first-order valence-electron chi connectivity index (χ1n) is 8.31. The van der Waals surface area contributed by atoms with Crippen LogP contribution in [0.15, 0.2) is 24.3 Å². The highest BCUT2D eigenvalue weighted by Crippen LogP contribution is 2.50. The van der Waals surface area contributed by atoms with Crippen molar-refractivity contribution in [2.24, 2.45) is 5.92 Å². The first kappa shape index (κ1) is 17.2. The van der Waals surface area contributed by atoms with E-state index in [1.807, 2.05) is 24.3 Å². The molecular weight excluding hydrogens is 330 g/mol. The highest BCUT2D eigenvalue weighted by atomic mass is 35.5. The molecule has 1 aliphatic carbocycles. The Morgan fingerprint density at radius 3 is 2.67 bits per heavy atom. The van der Waals surface area contributed by atoms with Gasteiger partial charge in [0.05, 0.1) is 7.11 Å². The van der Waals surface area contributed by atoms with E-state index in [-0.39, 0.29) is 36.3 Å². The lowest BCUT2D eigenvalue weighted by Gasteiger charge is -2.33. The Morgan fingerprint density at radius 1 is 1.29 bits per heavy atom. The molecule has 1 saturated carbocycles. The minimum Gasteiger partial charge on any atom is -0.468 e. The van der Waals surface area contributed by atoms with Crippen LogP contribution >= 0.6 is 11.6 Å². The van der Waals surface area contributed by atoms with Crippen molar-refractivity contribution in [1.82, 2.24) is 4.90 Å². The number of nitrogens with zero attached hydrogens (tertiary/aromatic N) is 1. The van der Waals surface area contributed by atoms with E-state index in [2.05, 4.69) is 0 Å². The SMILES string of the molecule is COC(=O)CN(C(=O)[C@@H]1C[C@H]1c1ccccc1Cl)C1CCOCC1. The number of rotatable bonds is 5. The Bertz CT molecular complexity index is 615. The Labute approximate surface area is 146 Å². The van der Waals surface area contributed by atoms with Crippen molar-refractivity contribution in [2.75, 3.05) is 26.9 Å². The van der Waals surface area contributed by atoms with Gasteiger partial charge in [0, 0.05) is 30.2 Å². The maximum Gasteiger partial charge on any atom is 0.325 e. The van der Waals surface area contributed by atoms with Crippen LogP contribution in [0.3, 0.4) is 0 Å². The monoisotopic (exact) mass is 351 g/mol. The molecule has 2 aliphatic rings. The van der Waals surface area contributed by atoms with Crippen molar-refractivity contribution < 1.29 is 19.1 Å². The molecule has 0 radical (unpaired) electrons. The van der Waals surface area contributed by atoms with Crippen LogP contribution < -0.4 is 0 Å². The molecule has 130 valence electrons. The maximum absolute atomic E-state index is 13.0. The Balaban J connectivity index is 1.72. The lowest BCUT2D eigenvalue weighted by molar-refractivity contribution is -0.150. The molecule has 2 fully saturated rings. The van der Waals surface area contributed by atoms with E-state index < -0.39 is 0 Å². The molecule has 0 bridgehead atoms. The summed E-state index contributed by atoms with van der Waals surface area (Å²) in [5, 5.41) is 0.698. The van der Waals surface area contributed by atoms with Gasteiger partial charge in [0.25, 0.3) is 0 Å². The maximum atomic E-state index is 13.0. The Kier molecular flexibility index (Phi) is 5.41. The van der Waals surface area contributed by atoms with Gasteiger partial charge in [-0.2, -0.15) is 0 Å². The van der Waals surface area contributed by atoms with Gasteiger partial charge in [-0.05, 0) is 36.8 Å². The van der Waals surface area contributed by atoms with Crippen LogP contribution in [-0.4, -0.2) is 49.7 Å². The highest BCUT2D eigenvalue weighted by molar-refractivity contribution is 6.31. The van der Waals surface area contributed by atoms with Crippen LogP contribution in [-0.2, 0) is 19.1 Å². The molecule has 3 rings (SSSR count). The zero-order valence-corrected chi connectivity index (χ0v) is 14.5. The topological polar surface area (TPSA) is 55.8 Å². The van der Waals surface area contributed by atoms with Crippen LogP contribution in [0.5, 0.6) is 0 Å². The standard InChI is InChI=1S/C18H22ClNO4/c1-23-17(21)11-20(12-6-8-24-9-7-12)18(22)15-10-14(15)13-4-2-3-5-16(13)19/h2-5,12,14-15H,6-11H2,1H3/t14-,15+/m0/s1. The van der Waals surface area contributed by atoms with E-state index in [1.54, 1.807) is 4.90 Å². The average Bonchev–Trinajstić information content (AvgIpc) is 3.40. The number of hydrogen-bond acceptors (Lipinski definition) is 4. The lowest BCUT2D eigenvalue weighted by Crippen LogP contribution is -2.47. The molecule has 0 aromatic heterocycles. The molecule has 5 nitrogen and oxygen atoms in total. The minimum absolute atomic E-state index is 0.00570.